The molecule has 0 aliphatic rings. The van der Waals surface area contributed by atoms with Gasteiger partial charge in [0.25, 0.3) is 0 Å². The second kappa shape index (κ2) is 6.44. The molecule has 0 bridgehead atoms. The first-order valence-electron chi connectivity index (χ1n) is 6.80. The smallest absolute Gasteiger partial charge is 0.200 e. The number of rotatable bonds is 4. The van der Waals surface area contributed by atoms with Gasteiger partial charge in [0, 0.05) is 5.56 Å². The molecule has 118 valence electrons. The number of para-hydroxylation sites is 1. The summed E-state index contributed by atoms with van der Waals surface area (Å²) >= 11 is 11.7. The summed E-state index contributed by atoms with van der Waals surface area (Å²) < 4.78 is 12.9. The molecular weight excluding hydrogens is 334 g/mol. The van der Waals surface area contributed by atoms with Gasteiger partial charge in [-0.1, -0.05) is 23.7 Å². The van der Waals surface area contributed by atoms with Crippen LogP contribution in [-0.4, -0.2) is 29.0 Å². The SMILES string of the molecule is COc1ccc(-c2n[nH]c(=S)n2-c2ccccc2Cl)cc1OC. The van der Waals surface area contributed by atoms with E-state index in [2.05, 4.69) is 10.2 Å². The van der Waals surface area contributed by atoms with Gasteiger partial charge in [-0.05, 0) is 42.5 Å². The third-order valence-corrected chi connectivity index (χ3v) is 4.00. The van der Waals surface area contributed by atoms with E-state index in [1.54, 1.807) is 18.8 Å². The predicted octanol–water partition coefficient (Wildman–Crippen LogP) is 4.27. The minimum Gasteiger partial charge on any atom is -0.493 e. The van der Waals surface area contributed by atoms with Gasteiger partial charge in [0.1, 0.15) is 0 Å². The maximum Gasteiger partial charge on any atom is 0.200 e. The number of H-pyrrole nitrogens is 1. The Morgan fingerprint density at radius 1 is 1.09 bits per heavy atom. The molecule has 3 aromatic rings. The number of methoxy groups -OCH3 is 2. The standard InChI is InChI=1S/C16H14ClN3O2S/c1-21-13-8-7-10(9-14(13)22-2)15-18-19-16(23)20(15)12-6-4-3-5-11(12)17/h3-9H,1-2H3,(H,19,23). The van der Waals surface area contributed by atoms with Crippen molar-refractivity contribution in [1.82, 2.24) is 14.8 Å². The molecule has 0 fully saturated rings. The lowest BCUT2D eigenvalue weighted by atomic mass is 10.2. The van der Waals surface area contributed by atoms with Crippen LogP contribution in [0.4, 0.5) is 0 Å². The fraction of sp³-hybridized carbons (Fsp3) is 0.125. The Morgan fingerprint density at radius 2 is 1.83 bits per heavy atom. The van der Waals surface area contributed by atoms with Gasteiger partial charge in [-0.2, -0.15) is 5.10 Å². The van der Waals surface area contributed by atoms with Gasteiger partial charge in [0.15, 0.2) is 22.1 Å². The molecule has 0 saturated heterocycles. The number of hydrogen-bond donors (Lipinski definition) is 1. The van der Waals surface area contributed by atoms with Crippen LogP contribution in [0.2, 0.25) is 5.02 Å². The first kappa shape index (κ1) is 15.6. The number of benzene rings is 2. The van der Waals surface area contributed by atoms with E-state index in [4.69, 9.17) is 33.3 Å². The van der Waals surface area contributed by atoms with E-state index in [1.165, 1.54) is 0 Å². The Balaban J connectivity index is 2.20. The monoisotopic (exact) mass is 347 g/mol. The van der Waals surface area contributed by atoms with Crippen LogP contribution in [0.25, 0.3) is 17.1 Å². The largest absolute Gasteiger partial charge is 0.493 e. The van der Waals surface area contributed by atoms with Crippen molar-refractivity contribution in [2.45, 2.75) is 0 Å². The van der Waals surface area contributed by atoms with Crippen LogP contribution in [0.1, 0.15) is 0 Å². The average Bonchev–Trinajstić information content (AvgIpc) is 2.96. The molecule has 23 heavy (non-hydrogen) atoms. The number of hydrogen-bond acceptors (Lipinski definition) is 4. The van der Waals surface area contributed by atoms with Crippen LogP contribution in [0.3, 0.4) is 0 Å². The van der Waals surface area contributed by atoms with Gasteiger partial charge in [-0.3, -0.25) is 9.67 Å². The molecule has 3 rings (SSSR count). The van der Waals surface area contributed by atoms with Crippen molar-refractivity contribution in [3.63, 3.8) is 0 Å². The van der Waals surface area contributed by atoms with Crippen LogP contribution in [0.15, 0.2) is 42.5 Å². The number of nitrogens with one attached hydrogen (secondary N) is 1. The van der Waals surface area contributed by atoms with Crippen molar-refractivity contribution < 1.29 is 9.47 Å². The maximum atomic E-state index is 6.30. The molecule has 0 atom stereocenters. The summed E-state index contributed by atoms with van der Waals surface area (Å²) in [6.45, 7) is 0. The van der Waals surface area contributed by atoms with E-state index in [0.29, 0.717) is 27.1 Å². The van der Waals surface area contributed by atoms with Crippen molar-refractivity contribution in [3.8, 4) is 28.6 Å². The van der Waals surface area contributed by atoms with Gasteiger partial charge in [0.2, 0.25) is 0 Å². The molecule has 1 heterocycles. The van der Waals surface area contributed by atoms with Crippen LogP contribution in [-0.2, 0) is 0 Å². The molecule has 0 aliphatic carbocycles. The summed E-state index contributed by atoms with van der Waals surface area (Å²) in [7, 11) is 3.18. The molecule has 0 unspecified atom stereocenters. The molecule has 1 N–H and O–H groups in total. The molecule has 2 aromatic carbocycles. The second-order valence-electron chi connectivity index (χ2n) is 4.71. The summed E-state index contributed by atoms with van der Waals surface area (Å²) in [4.78, 5) is 0. The van der Waals surface area contributed by atoms with Gasteiger partial charge in [-0.25, -0.2) is 0 Å². The first-order chi connectivity index (χ1) is 11.2. The third-order valence-electron chi connectivity index (χ3n) is 3.41. The van der Waals surface area contributed by atoms with Crippen LogP contribution in [0, 0.1) is 4.77 Å². The maximum absolute atomic E-state index is 6.30. The minimum atomic E-state index is 0.461. The molecule has 1 aromatic heterocycles. The van der Waals surface area contributed by atoms with Crippen molar-refractivity contribution in [2.24, 2.45) is 0 Å². The van der Waals surface area contributed by atoms with Gasteiger partial charge >= 0.3 is 0 Å². The Kier molecular flexibility index (Phi) is 4.36. The lowest BCUT2D eigenvalue weighted by molar-refractivity contribution is 0.355. The van der Waals surface area contributed by atoms with Crippen molar-refractivity contribution in [1.29, 1.82) is 0 Å². The fourth-order valence-corrected chi connectivity index (χ4v) is 2.77. The Bertz CT molecular complexity index is 904. The van der Waals surface area contributed by atoms with Crippen molar-refractivity contribution in [3.05, 3.63) is 52.3 Å². The molecule has 0 aliphatic heterocycles. The first-order valence-corrected chi connectivity index (χ1v) is 7.59. The molecule has 0 radical (unpaired) electrons. The number of aromatic nitrogens is 3. The Morgan fingerprint density at radius 3 is 2.52 bits per heavy atom. The molecule has 0 spiro atoms. The molecule has 0 saturated carbocycles. The van der Waals surface area contributed by atoms with Crippen molar-refractivity contribution >= 4 is 23.8 Å². The third kappa shape index (κ3) is 2.83. The van der Waals surface area contributed by atoms with E-state index in [1.807, 2.05) is 42.5 Å². The summed E-state index contributed by atoms with van der Waals surface area (Å²) in [6.07, 6.45) is 0. The summed E-state index contributed by atoms with van der Waals surface area (Å²) in [5.74, 6) is 1.91. The topological polar surface area (TPSA) is 52.1 Å². The summed E-state index contributed by atoms with van der Waals surface area (Å²) in [5, 5.41) is 7.73. The highest BCUT2D eigenvalue weighted by Gasteiger charge is 2.15. The van der Waals surface area contributed by atoms with Gasteiger partial charge in [0.05, 0.1) is 24.9 Å². The number of halogens is 1. The van der Waals surface area contributed by atoms with E-state index >= 15 is 0 Å². The van der Waals surface area contributed by atoms with Crippen LogP contribution >= 0.6 is 23.8 Å². The average molecular weight is 348 g/mol. The highest BCUT2D eigenvalue weighted by Crippen LogP contribution is 2.33. The molecule has 0 amide bonds. The second-order valence-corrected chi connectivity index (χ2v) is 5.50. The zero-order valence-electron chi connectivity index (χ0n) is 12.5. The van der Waals surface area contributed by atoms with E-state index in [-0.39, 0.29) is 0 Å². The fourth-order valence-electron chi connectivity index (χ4n) is 2.32. The molecule has 5 nitrogen and oxygen atoms in total. The number of ether oxygens (including phenoxy) is 2. The molecule has 7 heteroatoms. The normalized spacial score (nSPS) is 10.6. The lowest BCUT2D eigenvalue weighted by Gasteiger charge is -2.11. The Labute approximate surface area is 143 Å². The van der Waals surface area contributed by atoms with Crippen LogP contribution in [0.5, 0.6) is 11.5 Å². The van der Waals surface area contributed by atoms with E-state index in [0.717, 1.165) is 11.3 Å². The van der Waals surface area contributed by atoms with E-state index < -0.39 is 0 Å². The summed E-state index contributed by atoms with van der Waals surface area (Å²) in [5.41, 5.74) is 1.59. The van der Waals surface area contributed by atoms with Gasteiger partial charge < -0.3 is 9.47 Å². The van der Waals surface area contributed by atoms with Crippen molar-refractivity contribution in [2.75, 3.05) is 14.2 Å². The Hall–Kier alpha value is -2.31. The summed E-state index contributed by atoms with van der Waals surface area (Å²) in [6, 6.07) is 13.0. The van der Waals surface area contributed by atoms with E-state index in [9.17, 15) is 0 Å². The number of nitrogens with zero attached hydrogens (tertiary/aromatic N) is 2. The predicted molar refractivity (Wildman–Crippen MR) is 92.3 cm³/mol. The molecular formula is C16H14ClN3O2S. The minimum absolute atomic E-state index is 0.461. The zero-order chi connectivity index (χ0) is 16.4. The van der Waals surface area contributed by atoms with Gasteiger partial charge in [-0.15, -0.1) is 0 Å². The highest BCUT2D eigenvalue weighted by atomic mass is 35.5. The highest BCUT2D eigenvalue weighted by molar-refractivity contribution is 7.71. The van der Waals surface area contributed by atoms with Crippen LogP contribution < -0.4 is 9.47 Å². The quantitative estimate of drug-likeness (QED) is 0.716. The number of aromatic amines is 1. The lowest BCUT2D eigenvalue weighted by Crippen LogP contribution is -1.99. The zero-order valence-corrected chi connectivity index (χ0v) is 14.1.